The van der Waals surface area contributed by atoms with Crippen LogP contribution in [0.4, 0.5) is 5.69 Å². The second-order valence-electron chi connectivity index (χ2n) is 4.89. The largest absolute Gasteiger partial charge is 0.326 e. The number of amides is 1. The fourth-order valence-electron chi connectivity index (χ4n) is 2.37. The van der Waals surface area contributed by atoms with Crippen molar-refractivity contribution >= 4 is 24.0 Å². The van der Waals surface area contributed by atoms with E-state index in [2.05, 4.69) is 27.7 Å². The molecule has 1 atom stereocenters. The van der Waals surface area contributed by atoms with Gasteiger partial charge in [-0.05, 0) is 31.2 Å². The van der Waals surface area contributed by atoms with E-state index in [1.54, 1.807) is 0 Å². The van der Waals surface area contributed by atoms with E-state index in [9.17, 15) is 4.79 Å². The van der Waals surface area contributed by atoms with Gasteiger partial charge in [-0.1, -0.05) is 12.1 Å². The molecule has 2 N–H and O–H groups in total. The van der Waals surface area contributed by atoms with Crippen LogP contribution in [0.15, 0.2) is 24.3 Å². The third kappa shape index (κ3) is 4.82. The molecule has 0 spiro atoms. The van der Waals surface area contributed by atoms with Gasteiger partial charge in [-0.2, -0.15) is 0 Å². The van der Waals surface area contributed by atoms with E-state index in [0.717, 1.165) is 25.3 Å². The topological polar surface area (TPSA) is 44.4 Å². The molecule has 0 saturated carbocycles. The molecule has 0 aliphatic carbocycles. The van der Waals surface area contributed by atoms with E-state index in [1.165, 1.54) is 18.9 Å². The second-order valence-corrected chi connectivity index (χ2v) is 4.89. The number of likely N-dealkylation sites (N-methyl/N-ethyl adjacent to an activating group) is 1. The molecule has 1 aromatic carbocycles. The number of nitrogens with zero attached hydrogens (tertiary/aromatic N) is 1. The first-order valence-corrected chi connectivity index (χ1v) is 6.43. The Kier molecular flexibility index (Phi) is 6.28. The number of hydrogen-bond donors (Lipinski definition) is 2. The van der Waals surface area contributed by atoms with Crippen LogP contribution in [0, 0.1) is 0 Å². The predicted octanol–water partition coefficient (Wildman–Crippen LogP) is 1.86. The van der Waals surface area contributed by atoms with Crippen molar-refractivity contribution < 1.29 is 4.79 Å². The van der Waals surface area contributed by atoms with Gasteiger partial charge in [0.25, 0.3) is 0 Å². The summed E-state index contributed by atoms with van der Waals surface area (Å²) < 4.78 is 0. The van der Waals surface area contributed by atoms with Crippen molar-refractivity contribution in [2.45, 2.75) is 25.9 Å². The normalized spacial score (nSPS) is 18.9. The highest BCUT2D eigenvalue weighted by molar-refractivity contribution is 5.88. The van der Waals surface area contributed by atoms with Crippen molar-refractivity contribution in [3.63, 3.8) is 0 Å². The summed E-state index contributed by atoms with van der Waals surface area (Å²) in [4.78, 5) is 13.4. The average molecular weight is 284 g/mol. The summed E-state index contributed by atoms with van der Waals surface area (Å²) in [6, 6.07) is 8.71. The molecule has 1 aliphatic rings. The fraction of sp³-hybridized carbons (Fsp3) is 0.500. The molecule has 2 rings (SSSR count). The third-order valence-corrected chi connectivity index (χ3v) is 3.36. The smallest absolute Gasteiger partial charge is 0.221 e. The first kappa shape index (κ1) is 16.0. The van der Waals surface area contributed by atoms with Crippen molar-refractivity contribution in [1.82, 2.24) is 10.2 Å². The van der Waals surface area contributed by atoms with Crippen molar-refractivity contribution in [2.75, 3.05) is 25.5 Å². The molecule has 0 radical (unpaired) electrons. The molecule has 1 amide bonds. The Morgan fingerprint density at radius 3 is 2.58 bits per heavy atom. The summed E-state index contributed by atoms with van der Waals surface area (Å²) in [5, 5.41) is 6.10. The Hall–Kier alpha value is -1.10. The van der Waals surface area contributed by atoms with E-state index in [-0.39, 0.29) is 18.3 Å². The van der Waals surface area contributed by atoms with Crippen molar-refractivity contribution in [1.29, 1.82) is 0 Å². The van der Waals surface area contributed by atoms with Crippen LogP contribution in [0.5, 0.6) is 0 Å². The van der Waals surface area contributed by atoms with Crippen LogP contribution < -0.4 is 10.6 Å². The molecule has 106 valence electrons. The van der Waals surface area contributed by atoms with Gasteiger partial charge in [-0.15, -0.1) is 12.4 Å². The molecular weight excluding hydrogens is 262 g/mol. The molecular formula is C14H22ClN3O. The highest BCUT2D eigenvalue weighted by Crippen LogP contribution is 2.15. The number of benzene rings is 1. The van der Waals surface area contributed by atoms with Gasteiger partial charge >= 0.3 is 0 Å². The molecule has 19 heavy (non-hydrogen) atoms. The maximum absolute atomic E-state index is 10.9. The fourth-order valence-corrected chi connectivity index (χ4v) is 2.37. The summed E-state index contributed by atoms with van der Waals surface area (Å²) in [5.41, 5.74) is 2.15. The Labute approximate surface area is 121 Å². The average Bonchev–Trinajstić information content (AvgIpc) is 2.79. The van der Waals surface area contributed by atoms with Gasteiger partial charge in [-0.25, -0.2) is 0 Å². The third-order valence-electron chi connectivity index (χ3n) is 3.36. The quantitative estimate of drug-likeness (QED) is 0.887. The van der Waals surface area contributed by atoms with Gasteiger partial charge < -0.3 is 10.6 Å². The van der Waals surface area contributed by atoms with Crippen LogP contribution in [0.25, 0.3) is 0 Å². The molecule has 1 fully saturated rings. The number of nitrogens with one attached hydrogen (secondary N) is 2. The van der Waals surface area contributed by atoms with E-state index in [4.69, 9.17) is 0 Å². The van der Waals surface area contributed by atoms with E-state index < -0.39 is 0 Å². The molecule has 1 aromatic rings. The minimum Gasteiger partial charge on any atom is -0.326 e. The predicted molar refractivity (Wildman–Crippen MR) is 80.7 cm³/mol. The van der Waals surface area contributed by atoms with Crippen molar-refractivity contribution in [2.24, 2.45) is 0 Å². The summed E-state index contributed by atoms with van der Waals surface area (Å²) >= 11 is 0. The summed E-state index contributed by atoms with van der Waals surface area (Å²) in [5.74, 6) is -0.0286. The lowest BCUT2D eigenvalue weighted by molar-refractivity contribution is -0.114. The lowest BCUT2D eigenvalue weighted by Crippen LogP contribution is -2.29. The number of hydrogen-bond acceptors (Lipinski definition) is 3. The minimum atomic E-state index is -0.0286. The highest BCUT2D eigenvalue weighted by Gasteiger charge is 2.20. The van der Waals surface area contributed by atoms with Gasteiger partial charge in [0.2, 0.25) is 5.91 Å². The number of carbonyl (C=O) groups excluding carboxylic acids is 1. The number of likely N-dealkylation sites (tertiary alicyclic amines) is 1. The molecule has 4 nitrogen and oxygen atoms in total. The molecule has 0 aromatic heterocycles. The zero-order chi connectivity index (χ0) is 13.0. The standard InChI is InChI=1S/C14H21N3O.ClH/c1-11(18)16-13-5-3-12(4-6-13)9-17-8-7-14(10-17)15-2;/h3-6,14-15H,7-10H2,1-2H3,(H,16,18);1H. The van der Waals surface area contributed by atoms with Crippen molar-refractivity contribution in [3.8, 4) is 0 Å². The van der Waals surface area contributed by atoms with E-state index in [1.807, 2.05) is 19.2 Å². The zero-order valence-electron chi connectivity index (χ0n) is 11.5. The maximum Gasteiger partial charge on any atom is 0.221 e. The molecule has 0 bridgehead atoms. The van der Waals surface area contributed by atoms with Gasteiger partial charge in [0.1, 0.15) is 0 Å². The summed E-state index contributed by atoms with van der Waals surface area (Å²) in [6.45, 7) is 4.78. The highest BCUT2D eigenvalue weighted by atomic mass is 35.5. The van der Waals surface area contributed by atoms with Gasteiger partial charge in [0.15, 0.2) is 0 Å². The number of halogens is 1. The first-order chi connectivity index (χ1) is 8.67. The monoisotopic (exact) mass is 283 g/mol. The molecule has 1 saturated heterocycles. The summed E-state index contributed by atoms with van der Waals surface area (Å²) in [7, 11) is 2.02. The second kappa shape index (κ2) is 7.48. The van der Waals surface area contributed by atoms with Crippen LogP contribution in [0.2, 0.25) is 0 Å². The maximum atomic E-state index is 10.9. The SMILES string of the molecule is CNC1CCN(Cc2ccc(NC(C)=O)cc2)C1.Cl. The summed E-state index contributed by atoms with van der Waals surface area (Å²) in [6.07, 6.45) is 1.22. The van der Waals surface area contributed by atoms with Gasteiger partial charge in [0, 0.05) is 38.3 Å². The zero-order valence-corrected chi connectivity index (χ0v) is 12.3. The minimum absolute atomic E-state index is 0. The lowest BCUT2D eigenvalue weighted by atomic mass is 10.2. The van der Waals surface area contributed by atoms with Crippen LogP contribution in [-0.4, -0.2) is 37.0 Å². The lowest BCUT2D eigenvalue weighted by Gasteiger charge is -2.16. The van der Waals surface area contributed by atoms with Gasteiger partial charge in [0.05, 0.1) is 0 Å². The number of carbonyl (C=O) groups is 1. The van der Waals surface area contributed by atoms with Crippen LogP contribution in [0.1, 0.15) is 18.9 Å². The van der Waals surface area contributed by atoms with Crippen LogP contribution in [0.3, 0.4) is 0 Å². The van der Waals surface area contributed by atoms with Crippen molar-refractivity contribution in [3.05, 3.63) is 29.8 Å². The Morgan fingerprint density at radius 2 is 2.05 bits per heavy atom. The molecule has 1 unspecified atom stereocenters. The molecule has 1 heterocycles. The van der Waals surface area contributed by atoms with E-state index in [0.29, 0.717) is 6.04 Å². The van der Waals surface area contributed by atoms with Gasteiger partial charge in [-0.3, -0.25) is 9.69 Å². The molecule has 5 heteroatoms. The Bertz CT molecular complexity index is 408. The van der Waals surface area contributed by atoms with E-state index >= 15 is 0 Å². The van der Waals surface area contributed by atoms with Crippen LogP contribution in [-0.2, 0) is 11.3 Å². The first-order valence-electron chi connectivity index (χ1n) is 6.43. The number of anilines is 1. The number of rotatable bonds is 4. The Morgan fingerprint density at radius 1 is 1.37 bits per heavy atom. The molecule has 1 aliphatic heterocycles. The Balaban J connectivity index is 0.00000180. The van der Waals surface area contributed by atoms with Crippen LogP contribution >= 0.6 is 12.4 Å².